The second-order valence-electron chi connectivity index (χ2n) is 4.57. The molecular formula is C14H14FNO3S. The molecule has 4 nitrogen and oxygen atoms in total. The number of aromatic nitrogens is 1. The molecule has 0 aliphatic heterocycles. The predicted molar refractivity (Wildman–Crippen MR) is 73.9 cm³/mol. The Morgan fingerprint density at radius 2 is 2.25 bits per heavy atom. The summed E-state index contributed by atoms with van der Waals surface area (Å²) in [5, 5.41) is 11.7. The van der Waals surface area contributed by atoms with E-state index in [9.17, 15) is 9.18 Å². The number of thiazole rings is 1. The van der Waals surface area contributed by atoms with Crippen molar-refractivity contribution in [3.8, 4) is 5.75 Å². The van der Waals surface area contributed by atoms with Gasteiger partial charge in [-0.2, -0.15) is 0 Å². The van der Waals surface area contributed by atoms with Crippen molar-refractivity contribution in [3.63, 3.8) is 0 Å². The minimum Gasteiger partial charge on any atom is -0.487 e. The number of carbonyl (C=O) groups is 1. The molecule has 0 saturated carbocycles. The Morgan fingerprint density at radius 3 is 2.80 bits per heavy atom. The second kappa shape index (κ2) is 6.00. The first-order valence-electron chi connectivity index (χ1n) is 6.07. The molecule has 0 bridgehead atoms. The Labute approximate surface area is 119 Å². The monoisotopic (exact) mass is 295 g/mol. The van der Waals surface area contributed by atoms with Gasteiger partial charge in [0.15, 0.2) is 0 Å². The van der Waals surface area contributed by atoms with E-state index in [4.69, 9.17) is 9.84 Å². The lowest BCUT2D eigenvalue weighted by molar-refractivity contribution is 0.0692. The summed E-state index contributed by atoms with van der Waals surface area (Å²) in [7, 11) is 0. The van der Waals surface area contributed by atoms with Gasteiger partial charge in [0, 0.05) is 17.4 Å². The van der Waals surface area contributed by atoms with E-state index in [1.165, 1.54) is 12.1 Å². The van der Waals surface area contributed by atoms with E-state index in [1.54, 1.807) is 11.3 Å². The van der Waals surface area contributed by atoms with Crippen LogP contribution in [0.5, 0.6) is 5.75 Å². The zero-order valence-corrected chi connectivity index (χ0v) is 11.9. The van der Waals surface area contributed by atoms with Crippen LogP contribution in [0.1, 0.15) is 40.8 Å². The highest BCUT2D eigenvalue weighted by Gasteiger charge is 2.11. The van der Waals surface area contributed by atoms with Crippen LogP contribution < -0.4 is 4.74 Å². The van der Waals surface area contributed by atoms with Crippen molar-refractivity contribution >= 4 is 17.3 Å². The van der Waals surface area contributed by atoms with Crippen LogP contribution in [0, 0.1) is 5.82 Å². The van der Waals surface area contributed by atoms with Crippen LogP contribution in [0.4, 0.5) is 4.39 Å². The summed E-state index contributed by atoms with van der Waals surface area (Å²) in [5.74, 6) is -1.46. The molecule has 0 spiro atoms. The summed E-state index contributed by atoms with van der Waals surface area (Å²) in [6.45, 7) is 4.35. The van der Waals surface area contributed by atoms with Crippen molar-refractivity contribution in [3.05, 3.63) is 45.7 Å². The molecule has 0 radical (unpaired) electrons. The molecule has 0 aliphatic carbocycles. The van der Waals surface area contributed by atoms with Gasteiger partial charge in [0.25, 0.3) is 0 Å². The lowest BCUT2D eigenvalue weighted by atomic mass is 10.2. The maximum atomic E-state index is 13.5. The number of benzene rings is 1. The predicted octanol–water partition coefficient (Wildman–Crippen LogP) is 3.68. The van der Waals surface area contributed by atoms with Gasteiger partial charge in [-0.1, -0.05) is 13.8 Å². The molecule has 2 aromatic rings. The molecule has 0 fully saturated rings. The lowest BCUT2D eigenvalue weighted by Gasteiger charge is -2.05. The Kier molecular flexibility index (Phi) is 4.34. The molecule has 0 amide bonds. The van der Waals surface area contributed by atoms with Gasteiger partial charge < -0.3 is 9.84 Å². The standard InChI is InChI=1S/C14H14FNO3S/c1-8(2)13-16-9(7-20-13)6-19-10-3-4-11(14(17)18)12(15)5-10/h3-5,7-8H,6H2,1-2H3,(H,17,18). The zero-order valence-electron chi connectivity index (χ0n) is 11.1. The molecule has 20 heavy (non-hydrogen) atoms. The van der Waals surface area contributed by atoms with Gasteiger partial charge in [0.2, 0.25) is 0 Å². The van der Waals surface area contributed by atoms with E-state index in [-0.39, 0.29) is 17.9 Å². The molecule has 1 heterocycles. The minimum absolute atomic E-state index is 0.231. The number of rotatable bonds is 5. The van der Waals surface area contributed by atoms with Gasteiger partial charge in [-0.25, -0.2) is 14.2 Å². The molecule has 1 aromatic carbocycles. The quantitative estimate of drug-likeness (QED) is 0.914. The van der Waals surface area contributed by atoms with Gasteiger partial charge in [0.05, 0.1) is 16.3 Å². The Bertz CT molecular complexity index is 625. The van der Waals surface area contributed by atoms with E-state index in [1.807, 2.05) is 5.38 Å². The third-order valence-electron chi connectivity index (χ3n) is 2.62. The van der Waals surface area contributed by atoms with Crippen molar-refractivity contribution in [2.75, 3.05) is 0 Å². The minimum atomic E-state index is -1.30. The van der Waals surface area contributed by atoms with Crippen molar-refractivity contribution in [2.45, 2.75) is 26.4 Å². The highest BCUT2D eigenvalue weighted by molar-refractivity contribution is 7.09. The SMILES string of the molecule is CC(C)c1nc(COc2ccc(C(=O)O)c(F)c2)cs1. The van der Waals surface area contributed by atoms with E-state index in [2.05, 4.69) is 18.8 Å². The maximum Gasteiger partial charge on any atom is 0.338 e. The molecule has 1 aromatic heterocycles. The van der Waals surface area contributed by atoms with E-state index in [0.717, 1.165) is 16.8 Å². The van der Waals surface area contributed by atoms with E-state index < -0.39 is 11.8 Å². The molecule has 6 heteroatoms. The zero-order chi connectivity index (χ0) is 14.7. The largest absolute Gasteiger partial charge is 0.487 e. The third kappa shape index (κ3) is 3.33. The summed E-state index contributed by atoms with van der Waals surface area (Å²) in [4.78, 5) is 15.1. The Balaban J connectivity index is 2.03. The van der Waals surface area contributed by atoms with Crippen LogP contribution >= 0.6 is 11.3 Å². The van der Waals surface area contributed by atoms with E-state index >= 15 is 0 Å². The molecule has 0 atom stereocenters. The Morgan fingerprint density at radius 1 is 1.50 bits per heavy atom. The second-order valence-corrected chi connectivity index (χ2v) is 5.46. The summed E-state index contributed by atoms with van der Waals surface area (Å²) in [6, 6.07) is 3.69. The van der Waals surface area contributed by atoms with Crippen LogP contribution in [-0.2, 0) is 6.61 Å². The van der Waals surface area contributed by atoms with Crippen LogP contribution in [-0.4, -0.2) is 16.1 Å². The third-order valence-corrected chi connectivity index (χ3v) is 3.82. The number of aromatic carboxylic acids is 1. The molecule has 2 rings (SSSR count). The molecule has 106 valence electrons. The Hall–Kier alpha value is -1.95. The average Bonchev–Trinajstić information content (AvgIpc) is 2.85. The smallest absolute Gasteiger partial charge is 0.338 e. The summed E-state index contributed by atoms with van der Waals surface area (Å²) >= 11 is 1.56. The molecule has 0 unspecified atom stereocenters. The summed E-state index contributed by atoms with van der Waals surface area (Å²) < 4.78 is 18.9. The first-order chi connectivity index (χ1) is 9.47. The number of ether oxygens (including phenoxy) is 1. The van der Waals surface area contributed by atoms with Crippen molar-refractivity contribution in [1.29, 1.82) is 0 Å². The van der Waals surface area contributed by atoms with Gasteiger partial charge >= 0.3 is 5.97 Å². The first-order valence-corrected chi connectivity index (χ1v) is 6.95. The normalized spacial score (nSPS) is 10.8. The highest BCUT2D eigenvalue weighted by Crippen LogP contribution is 2.21. The number of hydrogen-bond acceptors (Lipinski definition) is 4. The average molecular weight is 295 g/mol. The van der Waals surface area contributed by atoms with E-state index in [0.29, 0.717) is 5.92 Å². The molecular weight excluding hydrogens is 281 g/mol. The molecule has 0 saturated heterocycles. The van der Waals surface area contributed by atoms with Crippen molar-refractivity contribution in [2.24, 2.45) is 0 Å². The number of halogens is 1. The van der Waals surface area contributed by atoms with Crippen molar-refractivity contribution < 1.29 is 19.0 Å². The molecule has 1 N–H and O–H groups in total. The molecule has 0 aliphatic rings. The topological polar surface area (TPSA) is 59.4 Å². The summed E-state index contributed by atoms with van der Waals surface area (Å²) in [5.41, 5.74) is 0.412. The van der Waals surface area contributed by atoms with Gasteiger partial charge in [0.1, 0.15) is 18.2 Å². The highest BCUT2D eigenvalue weighted by atomic mass is 32.1. The maximum absolute atomic E-state index is 13.5. The fourth-order valence-corrected chi connectivity index (χ4v) is 2.39. The fourth-order valence-electron chi connectivity index (χ4n) is 1.57. The van der Waals surface area contributed by atoms with Gasteiger partial charge in [-0.15, -0.1) is 11.3 Å². The number of nitrogens with zero attached hydrogens (tertiary/aromatic N) is 1. The fraction of sp³-hybridized carbons (Fsp3) is 0.286. The van der Waals surface area contributed by atoms with Gasteiger partial charge in [-0.05, 0) is 12.1 Å². The van der Waals surface area contributed by atoms with Gasteiger partial charge in [-0.3, -0.25) is 0 Å². The van der Waals surface area contributed by atoms with Crippen LogP contribution in [0.3, 0.4) is 0 Å². The van der Waals surface area contributed by atoms with Crippen molar-refractivity contribution in [1.82, 2.24) is 4.98 Å². The number of hydrogen-bond donors (Lipinski definition) is 1. The number of carboxylic acid groups (broad SMARTS) is 1. The number of carboxylic acids is 1. The lowest BCUT2D eigenvalue weighted by Crippen LogP contribution is -2.02. The summed E-state index contributed by atoms with van der Waals surface area (Å²) in [6.07, 6.45) is 0. The van der Waals surface area contributed by atoms with Crippen LogP contribution in [0.15, 0.2) is 23.6 Å². The van der Waals surface area contributed by atoms with Crippen LogP contribution in [0.25, 0.3) is 0 Å². The first kappa shape index (κ1) is 14.5. The van der Waals surface area contributed by atoms with Crippen LogP contribution in [0.2, 0.25) is 0 Å².